The Morgan fingerprint density at radius 1 is 1.16 bits per heavy atom. The minimum absolute atomic E-state index is 0.0102. The quantitative estimate of drug-likeness (QED) is 0.399. The summed E-state index contributed by atoms with van der Waals surface area (Å²) in [5.41, 5.74) is 2.49. The zero-order chi connectivity index (χ0) is 23.5. The van der Waals surface area contributed by atoms with Crippen molar-refractivity contribution < 1.29 is 18.0 Å². The third-order valence-corrected chi connectivity index (χ3v) is 5.72. The Bertz CT molecular complexity index is 1070. The number of hydrogen-bond donors (Lipinski definition) is 3. The van der Waals surface area contributed by atoms with E-state index in [0.717, 1.165) is 34.9 Å². The number of carbonyl (C=O) groups excluding carboxylic acids is 1. The van der Waals surface area contributed by atoms with E-state index in [9.17, 15) is 18.0 Å². The number of nitrogens with zero attached hydrogens (tertiary/aromatic N) is 1. The molecule has 1 amide bonds. The molecule has 1 aliphatic heterocycles. The van der Waals surface area contributed by atoms with E-state index in [2.05, 4.69) is 27.8 Å². The molecule has 1 saturated heterocycles. The Balaban J connectivity index is 0.000000523. The number of rotatable bonds is 3. The third-order valence-electron chi connectivity index (χ3n) is 5.09. The molecule has 2 heterocycles. The lowest BCUT2D eigenvalue weighted by Crippen LogP contribution is -2.41. The van der Waals surface area contributed by atoms with Gasteiger partial charge in [0.25, 0.3) is 0 Å². The summed E-state index contributed by atoms with van der Waals surface area (Å²) in [6.07, 6.45) is -2.13. The molecular weight excluding hydrogens is 464 g/mol. The number of piperidine rings is 1. The first-order valence-electron chi connectivity index (χ1n) is 10.1. The fourth-order valence-electron chi connectivity index (χ4n) is 3.48. The summed E-state index contributed by atoms with van der Waals surface area (Å²) >= 11 is 12.7. The molecule has 10 heteroatoms. The highest BCUT2D eigenvalue weighted by molar-refractivity contribution is 6.39. The maximum absolute atomic E-state index is 12.6. The molecule has 1 aromatic heterocycles. The van der Waals surface area contributed by atoms with Gasteiger partial charge in [-0.25, -0.2) is 0 Å². The normalized spacial score (nSPS) is 18.7. The Labute approximate surface area is 193 Å². The molecule has 1 fully saturated rings. The van der Waals surface area contributed by atoms with Crippen LogP contribution in [0.5, 0.6) is 0 Å². The molecule has 0 bridgehead atoms. The summed E-state index contributed by atoms with van der Waals surface area (Å²) in [4.78, 5) is 12.6. The van der Waals surface area contributed by atoms with Gasteiger partial charge in [0.2, 0.25) is 5.91 Å². The van der Waals surface area contributed by atoms with Crippen LogP contribution >= 0.6 is 23.2 Å². The summed E-state index contributed by atoms with van der Waals surface area (Å²) in [6, 6.07) is 11.7. The zero-order valence-electron chi connectivity index (χ0n) is 17.5. The molecule has 3 N–H and O–H groups in total. The van der Waals surface area contributed by atoms with Gasteiger partial charge in [0, 0.05) is 40.5 Å². The van der Waals surface area contributed by atoms with Gasteiger partial charge in [-0.05, 0) is 49.6 Å². The number of anilines is 1. The van der Waals surface area contributed by atoms with Gasteiger partial charge < -0.3 is 10.6 Å². The van der Waals surface area contributed by atoms with E-state index in [1.807, 2.05) is 36.4 Å². The number of halogens is 5. The largest absolute Gasteiger partial charge is 0.386 e. The molecule has 0 radical (unpaired) electrons. The number of H-pyrrole nitrogens is 1. The van der Waals surface area contributed by atoms with Crippen LogP contribution in [0.3, 0.4) is 0 Å². The smallest absolute Gasteiger partial charge is 0.313 e. The van der Waals surface area contributed by atoms with Gasteiger partial charge in [-0.3, -0.25) is 9.89 Å². The van der Waals surface area contributed by atoms with Gasteiger partial charge in [-0.2, -0.15) is 18.3 Å². The molecule has 2 atom stereocenters. The predicted octanol–water partition coefficient (Wildman–Crippen LogP) is 6.43. The van der Waals surface area contributed by atoms with Crippen molar-refractivity contribution in [2.75, 3.05) is 11.9 Å². The molecule has 3 aromatic rings. The fraction of sp³-hybridized carbons (Fsp3) is 0.364. The van der Waals surface area contributed by atoms with Crippen LogP contribution in [0, 0.1) is 5.92 Å². The Hall–Kier alpha value is -2.29. The standard InChI is InChI=1S/C20H20Cl2N4O.C2H3F3/c1-11-5-6-13(10-23-11)20(27)24-19-14-9-12(7-8-17(14)25-26-19)18-15(21)3-2-4-16(18)22;1-2(3,4)5/h2-4,7-9,11,13,23H,5-6,10H2,1H3,(H2,24,25,26,27);1H3/t11-,13+;/m0./s1. The van der Waals surface area contributed by atoms with Crippen LogP contribution in [0.2, 0.25) is 10.0 Å². The van der Waals surface area contributed by atoms with Gasteiger partial charge >= 0.3 is 6.18 Å². The molecule has 0 spiro atoms. The minimum atomic E-state index is -4.00. The second-order valence-corrected chi connectivity index (χ2v) is 8.60. The molecule has 0 unspecified atom stereocenters. The summed E-state index contributed by atoms with van der Waals surface area (Å²) in [5.74, 6) is 0.469. The monoisotopic (exact) mass is 486 g/mol. The lowest BCUT2D eigenvalue weighted by molar-refractivity contribution is -0.120. The third kappa shape index (κ3) is 6.37. The molecule has 2 aromatic carbocycles. The molecule has 32 heavy (non-hydrogen) atoms. The maximum atomic E-state index is 12.6. The van der Waals surface area contributed by atoms with E-state index in [1.165, 1.54) is 0 Å². The highest BCUT2D eigenvalue weighted by Crippen LogP contribution is 2.36. The highest BCUT2D eigenvalue weighted by Gasteiger charge is 2.25. The number of aromatic nitrogens is 2. The van der Waals surface area contributed by atoms with E-state index in [4.69, 9.17) is 23.2 Å². The zero-order valence-corrected chi connectivity index (χ0v) is 19.0. The molecule has 4 rings (SSSR count). The van der Waals surface area contributed by atoms with Gasteiger partial charge in [-0.15, -0.1) is 0 Å². The number of nitrogens with one attached hydrogen (secondary N) is 3. The van der Waals surface area contributed by atoms with E-state index in [-0.39, 0.29) is 18.7 Å². The molecule has 1 aliphatic rings. The lowest BCUT2D eigenvalue weighted by atomic mass is 9.95. The van der Waals surface area contributed by atoms with E-state index in [0.29, 0.717) is 28.4 Å². The van der Waals surface area contributed by atoms with Gasteiger partial charge in [0.05, 0.1) is 11.4 Å². The number of alkyl halides is 3. The van der Waals surface area contributed by atoms with E-state index < -0.39 is 6.18 Å². The van der Waals surface area contributed by atoms with Crippen molar-refractivity contribution in [2.24, 2.45) is 5.92 Å². The SMILES string of the molecule is CC(F)(F)F.C[C@H]1CC[C@@H](C(=O)Nc2n[nH]c3ccc(-c4c(Cl)cccc4Cl)cc23)CN1. The molecule has 0 saturated carbocycles. The summed E-state index contributed by atoms with van der Waals surface area (Å²) in [5, 5.41) is 15.6. The maximum Gasteiger partial charge on any atom is 0.386 e. The average molecular weight is 487 g/mol. The van der Waals surface area contributed by atoms with Crippen molar-refractivity contribution in [3.63, 3.8) is 0 Å². The second-order valence-electron chi connectivity index (χ2n) is 7.78. The average Bonchev–Trinajstić information content (AvgIpc) is 3.09. The van der Waals surface area contributed by atoms with Crippen LogP contribution in [-0.2, 0) is 4.79 Å². The molecule has 5 nitrogen and oxygen atoms in total. The van der Waals surface area contributed by atoms with Crippen molar-refractivity contribution in [1.82, 2.24) is 15.5 Å². The molecule has 172 valence electrons. The second kappa shape index (κ2) is 10.1. The first-order valence-corrected chi connectivity index (χ1v) is 10.8. The van der Waals surface area contributed by atoms with Crippen LogP contribution in [0.25, 0.3) is 22.0 Å². The van der Waals surface area contributed by atoms with Gasteiger partial charge in [-0.1, -0.05) is 35.3 Å². The summed E-state index contributed by atoms with van der Waals surface area (Å²) in [6.45, 7) is 3.01. The minimum Gasteiger partial charge on any atom is -0.313 e. The fourth-order valence-corrected chi connectivity index (χ4v) is 4.10. The lowest BCUT2D eigenvalue weighted by Gasteiger charge is -2.26. The number of carbonyl (C=O) groups is 1. The van der Waals surface area contributed by atoms with E-state index >= 15 is 0 Å². The Morgan fingerprint density at radius 2 is 1.81 bits per heavy atom. The van der Waals surface area contributed by atoms with E-state index in [1.54, 1.807) is 0 Å². The van der Waals surface area contributed by atoms with Crippen LogP contribution < -0.4 is 10.6 Å². The van der Waals surface area contributed by atoms with Crippen LogP contribution in [0.15, 0.2) is 36.4 Å². The molecular formula is C22H23Cl2F3N4O. The predicted molar refractivity (Wildman–Crippen MR) is 122 cm³/mol. The number of hydrogen-bond acceptors (Lipinski definition) is 3. The van der Waals surface area contributed by atoms with Crippen molar-refractivity contribution in [2.45, 2.75) is 38.9 Å². The first-order chi connectivity index (χ1) is 15.0. The van der Waals surface area contributed by atoms with Crippen molar-refractivity contribution >= 4 is 45.8 Å². The highest BCUT2D eigenvalue weighted by atomic mass is 35.5. The van der Waals surface area contributed by atoms with Crippen LogP contribution in [0.4, 0.5) is 19.0 Å². The van der Waals surface area contributed by atoms with Crippen LogP contribution in [0.1, 0.15) is 26.7 Å². The molecule has 0 aliphatic carbocycles. The number of benzene rings is 2. The summed E-state index contributed by atoms with van der Waals surface area (Å²) < 4.78 is 31.1. The van der Waals surface area contributed by atoms with Crippen molar-refractivity contribution in [1.29, 1.82) is 0 Å². The van der Waals surface area contributed by atoms with Gasteiger partial charge in [0.15, 0.2) is 5.82 Å². The van der Waals surface area contributed by atoms with Crippen molar-refractivity contribution in [3.05, 3.63) is 46.4 Å². The summed E-state index contributed by atoms with van der Waals surface area (Å²) in [7, 11) is 0. The Kier molecular flexibility index (Phi) is 7.69. The topological polar surface area (TPSA) is 69.8 Å². The Morgan fingerprint density at radius 3 is 2.41 bits per heavy atom. The van der Waals surface area contributed by atoms with Gasteiger partial charge in [0.1, 0.15) is 0 Å². The van der Waals surface area contributed by atoms with Crippen molar-refractivity contribution in [3.8, 4) is 11.1 Å². The number of aromatic amines is 1. The number of fused-ring (bicyclic) bond motifs is 1. The van der Waals surface area contributed by atoms with Crippen LogP contribution in [-0.4, -0.2) is 34.9 Å². The number of amides is 1. The first kappa shape index (κ1) is 24.4.